The van der Waals surface area contributed by atoms with Crippen molar-refractivity contribution in [2.75, 3.05) is 31.2 Å². The van der Waals surface area contributed by atoms with Crippen molar-refractivity contribution in [1.82, 2.24) is 15.0 Å². The normalized spacial score (nSPS) is 17.1. The Morgan fingerprint density at radius 2 is 1.90 bits per heavy atom. The van der Waals surface area contributed by atoms with Gasteiger partial charge in [-0.15, -0.1) is 0 Å². The Hall–Kier alpha value is -2.75. The van der Waals surface area contributed by atoms with Crippen LogP contribution in [-0.4, -0.2) is 52.5 Å². The molecule has 4 rings (SSSR count). The minimum absolute atomic E-state index is 0.114. The number of alkyl halides is 3. The second-order valence-electron chi connectivity index (χ2n) is 6.98. The zero-order valence-corrected chi connectivity index (χ0v) is 16.9. The van der Waals surface area contributed by atoms with Crippen LogP contribution in [-0.2, 0) is 10.9 Å². The fourth-order valence-corrected chi connectivity index (χ4v) is 3.56. The number of benzene rings is 1. The second-order valence-corrected chi connectivity index (χ2v) is 7.38. The van der Waals surface area contributed by atoms with Crippen molar-refractivity contribution >= 4 is 17.4 Å². The Labute approximate surface area is 181 Å². The van der Waals surface area contributed by atoms with Gasteiger partial charge >= 0.3 is 6.18 Å². The summed E-state index contributed by atoms with van der Waals surface area (Å²) in [5.41, 5.74) is 1.12. The van der Waals surface area contributed by atoms with Crippen LogP contribution in [0.15, 0.2) is 48.9 Å². The zero-order valence-electron chi connectivity index (χ0n) is 16.2. The summed E-state index contributed by atoms with van der Waals surface area (Å²) in [6.45, 7) is 1.32. The molecule has 3 aromatic rings. The number of aliphatic hydroxyl groups excluding tert-OH is 1. The molecule has 1 aliphatic rings. The van der Waals surface area contributed by atoms with Gasteiger partial charge in [0.25, 0.3) is 0 Å². The lowest BCUT2D eigenvalue weighted by molar-refractivity contribution is -0.137. The predicted octanol–water partition coefficient (Wildman–Crippen LogP) is 4.08. The van der Waals surface area contributed by atoms with E-state index in [1.54, 1.807) is 18.5 Å². The van der Waals surface area contributed by atoms with Gasteiger partial charge < -0.3 is 14.7 Å². The largest absolute Gasteiger partial charge is 0.416 e. The Bertz CT molecular complexity index is 1060. The minimum atomic E-state index is -4.43. The summed E-state index contributed by atoms with van der Waals surface area (Å²) in [4.78, 5) is 15.2. The molecule has 1 N–H and O–H groups in total. The van der Waals surface area contributed by atoms with Crippen LogP contribution >= 0.6 is 11.6 Å². The Kier molecular flexibility index (Phi) is 6.08. The number of halogens is 4. The summed E-state index contributed by atoms with van der Waals surface area (Å²) in [7, 11) is 0. The molecule has 1 aliphatic heterocycles. The number of aromatic nitrogens is 3. The van der Waals surface area contributed by atoms with E-state index in [0.717, 1.165) is 12.1 Å². The summed E-state index contributed by atoms with van der Waals surface area (Å²) in [5, 5.41) is 9.75. The zero-order chi connectivity index (χ0) is 22.0. The van der Waals surface area contributed by atoms with Crippen LogP contribution in [0.1, 0.15) is 5.56 Å². The van der Waals surface area contributed by atoms with Gasteiger partial charge in [0, 0.05) is 36.6 Å². The Morgan fingerprint density at radius 1 is 1.13 bits per heavy atom. The average molecular weight is 451 g/mol. The van der Waals surface area contributed by atoms with Crippen LogP contribution in [0.3, 0.4) is 0 Å². The number of pyridine rings is 1. The summed E-state index contributed by atoms with van der Waals surface area (Å²) in [6.07, 6.45) is -0.171. The van der Waals surface area contributed by atoms with Crippen LogP contribution in [0.2, 0.25) is 5.02 Å². The summed E-state index contributed by atoms with van der Waals surface area (Å²) in [5.74, 6) is 0.556. The maximum absolute atomic E-state index is 13.0. The molecule has 1 saturated heterocycles. The molecule has 0 bridgehead atoms. The molecule has 162 valence electrons. The first-order valence-corrected chi connectivity index (χ1v) is 9.86. The third-order valence-electron chi connectivity index (χ3n) is 4.94. The third kappa shape index (κ3) is 4.63. The van der Waals surface area contributed by atoms with Gasteiger partial charge in [0.1, 0.15) is 11.5 Å². The van der Waals surface area contributed by atoms with Crippen molar-refractivity contribution in [3.63, 3.8) is 0 Å². The van der Waals surface area contributed by atoms with E-state index in [1.165, 1.54) is 18.3 Å². The van der Waals surface area contributed by atoms with Gasteiger partial charge in [-0.3, -0.25) is 9.97 Å². The number of aliphatic hydroxyl groups is 1. The maximum Gasteiger partial charge on any atom is 0.416 e. The first-order chi connectivity index (χ1) is 14.9. The van der Waals surface area contributed by atoms with E-state index in [1.807, 2.05) is 4.90 Å². The van der Waals surface area contributed by atoms with E-state index >= 15 is 0 Å². The van der Waals surface area contributed by atoms with Crippen molar-refractivity contribution in [3.8, 4) is 22.5 Å². The van der Waals surface area contributed by atoms with Gasteiger partial charge in [0.05, 0.1) is 41.8 Å². The van der Waals surface area contributed by atoms with E-state index in [0.29, 0.717) is 53.1 Å². The molecule has 1 fully saturated rings. The van der Waals surface area contributed by atoms with E-state index in [-0.39, 0.29) is 12.7 Å². The smallest absolute Gasteiger partial charge is 0.394 e. The number of rotatable bonds is 4. The first-order valence-electron chi connectivity index (χ1n) is 9.49. The van der Waals surface area contributed by atoms with Crippen molar-refractivity contribution in [1.29, 1.82) is 0 Å². The molecule has 0 saturated carbocycles. The molecule has 0 aliphatic carbocycles. The van der Waals surface area contributed by atoms with Crippen LogP contribution < -0.4 is 4.90 Å². The molecule has 6 nitrogen and oxygen atoms in total. The van der Waals surface area contributed by atoms with Crippen LogP contribution in [0.25, 0.3) is 22.5 Å². The highest BCUT2D eigenvalue weighted by atomic mass is 35.5. The summed E-state index contributed by atoms with van der Waals surface area (Å²) < 4.78 is 44.3. The molecule has 10 heteroatoms. The molecule has 0 radical (unpaired) electrons. The standard InChI is InChI=1S/C21H18ClF3N4O2/c22-17-9-26-6-5-16(17)20-19(13-1-3-14(4-2-13)21(23,24)25)27-10-18(28-20)29-7-8-31-15(11-29)12-30/h1-6,9-10,15,30H,7-8,11-12H2. The molecular formula is C21H18ClF3N4O2. The highest BCUT2D eigenvalue weighted by molar-refractivity contribution is 6.33. The Balaban J connectivity index is 1.79. The van der Waals surface area contributed by atoms with Gasteiger partial charge in [-0.1, -0.05) is 23.7 Å². The minimum Gasteiger partial charge on any atom is -0.394 e. The van der Waals surface area contributed by atoms with Crippen LogP contribution in [0, 0.1) is 0 Å². The Morgan fingerprint density at radius 3 is 2.58 bits per heavy atom. The molecule has 31 heavy (non-hydrogen) atoms. The highest BCUT2D eigenvalue weighted by Gasteiger charge is 2.30. The molecule has 1 aromatic carbocycles. The van der Waals surface area contributed by atoms with Crippen LogP contribution in [0.5, 0.6) is 0 Å². The van der Waals surface area contributed by atoms with Crippen molar-refractivity contribution in [3.05, 3.63) is 59.5 Å². The summed E-state index contributed by atoms with van der Waals surface area (Å²) >= 11 is 6.34. The summed E-state index contributed by atoms with van der Waals surface area (Å²) in [6, 6.07) is 6.43. The number of hydrogen-bond acceptors (Lipinski definition) is 6. The molecule has 0 amide bonds. The fourth-order valence-electron chi connectivity index (χ4n) is 3.35. The first kappa shape index (κ1) is 21.5. The van der Waals surface area contributed by atoms with Crippen molar-refractivity contribution < 1.29 is 23.0 Å². The number of nitrogens with zero attached hydrogens (tertiary/aromatic N) is 4. The van der Waals surface area contributed by atoms with Crippen molar-refractivity contribution in [2.45, 2.75) is 12.3 Å². The quantitative estimate of drug-likeness (QED) is 0.646. The lowest BCUT2D eigenvalue weighted by Gasteiger charge is -2.33. The number of anilines is 1. The maximum atomic E-state index is 13.0. The third-order valence-corrected chi connectivity index (χ3v) is 5.24. The molecule has 0 spiro atoms. The highest BCUT2D eigenvalue weighted by Crippen LogP contribution is 2.36. The topological polar surface area (TPSA) is 71.4 Å². The molecular weight excluding hydrogens is 433 g/mol. The average Bonchev–Trinajstić information content (AvgIpc) is 2.78. The fraction of sp³-hybridized carbons (Fsp3) is 0.286. The van der Waals surface area contributed by atoms with E-state index in [9.17, 15) is 18.3 Å². The lowest BCUT2D eigenvalue weighted by Crippen LogP contribution is -2.44. The van der Waals surface area contributed by atoms with Gasteiger partial charge in [-0.05, 0) is 18.2 Å². The van der Waals surface area contributed by atoms with Gasteiger partial charge in [0.15, 0.2) is 0 Å². The van der Waals surface area contributed by atoms with Gasteiger partial charge in [-0.2, -0.15) is 13.2 Å². The molecule has 1 atom stereocenters. The van der Waals surface area contributed by atoms with Gasteiger partial charge in [0.2, 0.25) is 0 Å². The van der Waals surface area contributed by atoms with E-state index < -0.39 is 11.7 Å². The lowest BCUT2D eigenvalue weighted by atomic mass is 10.0. The number of ether oxygens (including phenoxy) is 1. The van der Waals surface area contributed by atoms with E-state index in [4.69, 9.17) is 21.3 Å². The molecule has 1 unspecified atom stereocenters. The molecule has 3 heterocycles. The van der Waals surface area contributed by atoms with Crippen molar-refractivity contribution in [2.24, 2.45) is 0 Å². The second kappa shape index (κ2) is 8.78. The number of morpholine rings is 1. The van der Waals surface area contributed by atoms with Crippen LogP contribution in [0.4, 0.5) is 19.0 Å². The monoisotopic (exact) mass is 450 g/mol. The van der Waals surface area contributed by atoms with E-state index in [2.05, 4.69) is 9.97 Å². The predicted molar refractivity (Wildman–Crippen MR) is 110 cm³/mol. The molecule has 2 aromatic heterocycles. The SMILES string of the molecule is OCC1CN(c2cnc(-c3ccc(C(F)(F)F)cc3)c(-c3ccncc3Cl)n2)CCO1. The van der Waals surface area contributed by atoms with Gasteiger partial charge in [-0.25, -0.2) is 4.98 Å². The number of hydrogen-bond donors (Lipinski definition) is 1.